The topological polar surface area (TPSA) is 46.5 Å². The highest BCUT2D eigenvalue weighted by Gasteiger charge is 2.17. The molecule has 1 N–H and O–H groups in total. The molecule has 3 nitrogen and oxygen atoms in total. The fraction of sp³-hybridized carbons (Fsp3) is 0.600. The van der Waals surface area contributed by atoms with Gasteiger partial charge in [0.25, 0.3) is 0 Å². The van der Waals surface area contributed by atoms with Crippen molar-refractivity contribution in [1.82, 2.24) is 5.23 Å². The number of hydrogen-bond acceptors (Lipinski definition) is 3. The normalized spacial score (nSPS) is 22.8. The van der Waals surface area contributed by atoms with Gasteiger partial charge in [-0.05, 0) is 30.8 Å². The third-order valence-corrected chi connectivity index (χ3v) is 2.56. The van der Waals surface area contributed by atoms with Crippen LogP contribution in [0, 0.1) is 17.0 Å². The fourth-order valence-electron chi connectivity index (χ4n) is 1.50. The van der Waals surface area contributed by atoms with Gasteiger partial charge in [-0.25, -0.2) is 0 Å². The molecule has 0 saturated carbocycles. The lowest BCUT2D eigenvalue weighted by atomic mass is 9.86. The zero-order valence-corrected chi connectivity index (χ0v) is 8.32. The Balaban J connectivity index is 2.78. The second-order valence-corrected chi connectivity index (χ2v) is 3.87. The van der Waals surface area contributed by atoms with Crippen molar-refractivity contribution in [2.75, 3.05) is 0 Å². The molecule has 0 saturated heterocycles. The molecule has 0 spiro atoms. The van der Waals surface area contributed by atoms with E-state index in [0.717, 1.165) is 5.57 Å². The Labute approximate surface area is 78.9 Å². The maximum atomic E-state index is 10.8. The molecule has 0 heterocycles. The molecule has 3 heteroatoms. The van der Waals surface area contributed by atoms with Crippen LogP contribution >= 0.6 is 0 Å². The molecule has 0 radical (unpaired) electrons. The Kier molecular flexibility index (Phi) is 3.12. The van der Waals surface area contributed by atoms with E-state index in [0.29, 0.717) is 24.0 Å². The standard InChI is InChI=1S/C10H16NO2/c1-7(2)9-5-4-8(3)10(6-9)11(12)13/h4-5,7,9,12H,6H2,1-3H3/q-1/t9-/m1/s1. The number of hydrogen-bond donors (Lipinski definition) is 1. The fourth-order valence-corrected chi connectivity index (χ4v) is 1.50. The first-order valence-electron chi connectivity index (χ1n) is 4.56. The van der Waals surface area contributed by atoms with Crippen LogP contribution < -0.4 is 0 Å². The molecule has 0 amide bonds. The first kappa shape index (κ1) is 10.3. The van der Waals surface area contributed by atoms with Gasteiger partial charge in [0.1, 0.15) is 0 Å². The van der Waals surface area contributed by atoms with Crippen LogP contribution in [0.5, 0.6) is 0 Å². The Morgan fingerprint density at radius 1 is 1.62 bits per heavy atom. The van der Waals surface area contributed by atoms with Gasteiger partial charge >= 0.3 is 0 Å². The number of hydroxylamine groups is 2. The molecule has 0 fully saturated rings. The minimum absolute atomic E-state index is 0.00574. The first-order chi connectivity index (χ1) is 6.02. The Hall–Kier alpha value is -0.800. The third-order valence-electron chi connectivity index (χ3n) is 2.56. The summed E-state index contributed by atoms with van der Waals surface area (Å²) >= 11 is 0. The molecule has 0 aromatic carbocycles. The summed E-state index contributed by atoms with van der Waals surface area (Å²) in [6.07, 6.45) is 4.65. The summed E-state index contributed by atoms with van der Waals surface area (Å²) in [5.74, 6) is 0.863. The van der Waals surface area contributed by atoms with E-state index in [-0.39, 0.29) is 5.23 Å². The van der Waals surface area contributed by atoms with Crippen LogP contribution in [0.3, 0.4) is 0 Å². The summed E-state index contributed by atoms with van der Waals surface area (Å²) in [5, 5.41) is 19.6. The van der Waals surface area contributed by atoms with Gasteiger partial charge in [0.05, 0.1) is 0 Å². The van der Waals surface area contributed by atoms with E-state index in [1.165, 1.54) is 0 Å². The molecule has 13 heavy (non-hydrogen) atoms. The van der Waals surface area contributed by atoms with Gasteiger partial charge in [0.2, 0.25) is 0 Å². The molecule has 1 atom stereocenters. The lowest BCUT2D eigenvalue weighted by Gasteiger charge is -2.32. The molecule has 0 aliphatic heterocycles. The molecular weight excluding hydrogens is 166 g/mol. The van der Waals surface area contributed by atoms with Crippen molar-refractivity contribution >= 4 is 0 Å². The minimum atomic E-state index is -0.00574. The van der Waals surface area contributed by atoms with Crippen molar-refractivity contribution in [1.29, 1.82) is 0 Å². The summed E-state index contributed by atoms with van der Waals surface area (Å²) in [5.41, 5.74) is 1.34. The quantitative estimate of drug-likeness (QED) is 0.668. The SMILES string of the molecule is CC1=C(N([O-])O)C[C@H](C(C)C)C=C1. The zero-order chi connectivity index (χ0) is 10.0. The molecule has 0 bridgehead atoms. The summed E-state index contributed by atoms with van der Waals surface area (Å²) in [6.45, 7) is 6.06. The second-order valence-electron chi connectivity index (χ2n) is 3.87. The van der Waals surface area contributed by atoms with Crippen molar-refractivity contribution in [2.24, 2.45) is 11.8 Å². The number of allylic oxidation sites excluding steroid dienone is 4. The smallest absolute Gasteiger partial charge is 0.0317 e. The van der Waals surface area contributed by atoms with Gasteiger partial charge in [0.15, 0.2) is 0 Å². The van der Waals surface area contributed by atoms with E-state index in [2.05, 4.69) is 19.9 Å². The molecule has 1 aliphatic carbocycles. The average Bonchev–Trinajstić information content (AvgIpc) is 2.04. The third kappa shape index (κ3) is 2.32. The number of nitrogens with zero attached hydrogens (tertiary/aromatic N) is 1. The average molecular weight is 182 g/mol. The molecule has 0 unspecified atom stereocenters. The number of rotatable bonds is 2. The molecule has 74 valence electrons. The van der Waals surface area contributed by atoms with E-state index in [9.17, 15) is 5.21 Å². The van der Waals surface area contributed by atoms with Gasteiger partial charge in [-0.3, -0.25) is 5.21 Å². The lowest BCUT2D eigenvalue weighted by molar-refractivity contribution is -0.0107. The predicted octanol–water partition coefficient (Wildman–Crippen LogP) is 2.68. The Bertz CT molecular complexity index is 241. The highest BCUT2D eigenvalue weighted by atomic mass is 16.8. The predicted molar refractivity (Wildman–Crippen MR) is 51.8 cm³/mol. The lowest BCUT2D eigenvalue weighted by Crippen LogP contribution is -2.19. The van der Waals surface area contributed by atoms with Gasteiger partial charge in [-0.2, -0.15) is 0 Å². The summed E-state index contributed by atoms with van der Waals surface area (Å²) in [4.78, 5) is 0. The molecule has 0 aromatic rings. The van der Waals surface area contributed by atoms with Crippen LogP contribution in [0.2, 0.25) is 0 Å². The Morgan fingerprint density at radius 2 is 2.23 bits per heavy atom. The van der Waals surface area contributed by atoms with Gasteiger partial charge in [-0.15, -0.1) is 0 Å². The Morgan fingerprint density at radius 3 is 2.69 bits per heavy atom. The summed E-state index contributed by atoms with van der Waals surface area (Å²) < 4.78 is 0. The van der Waals surface area contributed by atoms with Gasteiger partial charge in [0, 0.05) is 5.70 Å². The van der Waals surface area contributed by atoms with Crippen LogP contribution in [-0.4, -0.2) is 10.4 Å². The largest absolute Gasteiger partial charge is 0.734 e. The molecule has 1 aliphatic rings. The van der Waals surface area contributed by atoms with Gasteiger partial charge < -0.3 is 10.4 Å². The van der Waals surface area contributed by atoms with Crippen LogP contribution in [-0.2, 0) is 0 Å². The van der Waals surface area contributed by atoms with Crippen molar-refractivity contribution < 1.29 is 5.21 Å². The van der Waals surface area contributed by atoms with Crippen molar-refractivity contribution in [3.63, 3.8) is 0 Å². The highest BCUT2D eigenvalue weighted by molar-refractivity contribution is 5.28. The molecule has 1 rings (SSSR count). The van der Waals surface area contributed by atoms with Crippen LogP contribution in [0.25, 0.3) is 0 Å². The van der Waals surface area contributed by atoms with E-state index in [1.807, 2.05) is 13.0 Å². The first-order valence-corrected chi connectivity index (χ1v) is 4.56. The van der Waals surface area contributed by atoms with Gasteiger partial charge in [-0.1, -0.05) is 26.0 Å². The molecule has 0 aromatic heterocycles. The highest BCUT2D eigenvalue weighted by Crippen LogP contribution is 2.29. The van der Waals surface area contributed by atoms with Crippen LogP contribution in [0.15, 0.2) is 23.4 Å². The minimum Gasteiger partial charge on any atom is -0.734 e. The van der Waals surface area contributed by atoms with Crippen molar-refractivity contribution in [3.05, 3.63) is 28.6 Å². The zero-order valence-electron chi connectivity index (χ0n) is 8.32. The second kappa shape index (κ2) is 3.94. The summed E-state index contributed by atoms with van der Waals surface area (Å²) in [7, 11) is 0. The van der Waals surface area contributed by atoms with E-state index >= 15 is 0 Å². The van der Waals surface area contributed by atoms with Crippen LogP contribution in [0.1, 0.15) is 27.2 Å². The monoisotopic (exact) mass is 182 g/mol. The van der Waals surface area contributed by atoms with Crippen molar-refractivity contribution in [3.8, 4) is 0 Å². The molecular formula is C10H16NO2-. The van der Waals surface area contributed by atoms with E-state index in [4.69, 9.17) is 5.21 Å². The van der Waals surface area contributed by atoms with E-state index < -0.39 is 0 Å². The van der Waals surface area contributed by atoms with Crippen LogP contribution in [0.4, 0.5) is 0 Å². The maximum Gasteiger partial charge on any atom is 0.0317 e. The van der Waals surface area contributed by atoms with E-state index in [1.54, 1.807) is 0 Å². The maximum absolute atomic E-state index is 10.8. The van der Waals surface area contributed by atoms with Crippen molar-refractivity contribution in [2.45, 2.75) is 27.2 Å². The summed E-state index contributed by atoms with van der Waals surface area (Å²) in [6, 6.07) is 0.